The van der Waals surface area contributed by atoms with Gasteiger partial charge in [-0.1, -0.05) is 24.3 Å². The molecule has 1 amide bonds. The minimum atomic E-state index is -0.462. The lowest BCUT2D eigenvalue weighted by Gasteiger charge is -2.11. The number of halogens is 1. The first-order valence-electron chi connectivity index (χ1n) is 10.7. The monoisotopic (exact) mass is 467 g/mol. The predicted octanol–water partition coefficient (Wildman–Crippen LogP) is 3.98. The maximum atomic E-state index is 13.4. The van der Waals surface area contributed by atoms with Crippen LogP contribution in [-0.2, 0) is 13.1 Å². The SMILES string of the molecule is N#Cc1cccc(CNC(=O)c2c3cccnc3c(O)c3c(O)n(Cc4ccc(F)cc4)cc23)n1. The minimum absolute atomic E-state index is 0.0702. The molecule has 3 N–H and O–H groups in total. The number of nitriles is 1. The average molecular weight is 467 g/mol. The fourth-order valence-electron chi connectivity index (χ4n) is 4.08. The van der Waals surface area contributed by atoms with Crippen molar-refractivity contribution in [3.05, 3.63) is 95.3 Å². The summed E-state index contributed by atoms with van der Waals surface area (Å²) in [7, 11) is 0. The van der Waals surface area contributed by atoms with Gasteiger partial charge in [0.25, 0.3) is 5.91 Å². The summed E-state index contributed by atoms with van der Waals surface area (Å²) in [6.07, 6.45) is 3.06. The van der Waals surface area contributed by atoms with E-state index in [1.807, 2.05) is 6.07 Å². The number of carbonyl (C=O) groups is 1. The standard InChI is InChI=1S/C26H18FN5O3/c27-16-8-6-15(7-9-16)13-32-14-20-21(25(34)30-12-18-4-1-3-17(11-28)31-18)19-5-2-10-29-23(19)24(33)22(20)26(32)35/h1-10,14,33,35H,12-13H2,(H,30,34). The molecular weight excluding hydrogens is 449 g/mol. The van der Waals surface area contributed by atoms with Crippen molar-refractivity contribution < 1.29 is 19.4 Å². The Balaban J connectivity index is 1.60. The second kappa shape index (κ2) is 8.76. The topological polar surface area (TPSA) is 124 Å². The highest BCUT2D eigenvalue weighted by atomic mass is 19.1. The zero-order valence-corrected chi connectivity index (χ0v) is 18.2. The predicted molar refractivity (Wildman–Crippen MR) is 126 cm³/mol. The van der Waals surface area contributed by atoms with Gasteiger partial charge in [0.1, 0.15) is 23.1 Å². The summed E-state index contributed by atoms with van der Waals surface area (Å²) in [6, 6.07) is 16.0. The summed E-state index contributed by atoms with van der Waals surface area (Å²) >= 11 is 0. The maximum absolute atomic E-state index is 13.4. The summed E-state index contributed by atoms with van der Waals surface area (Å²) < 4.78 is 14.8. The zero-order valence-electron chi connectivity index (χ0n) is 18.2. The number of fused-ring (bicyclic) bond motifs is 2. The molecule has 0 saturated carbocycles. The fourth-order valence-corrected chi connectivity index (χ4v) is 4.08. The van der Waals surface area contributed by atoms with Crippen LogP contribution < -0.4 is 5.32 Å². The molecule has 5 aromatic rings. The second-order valence-electron chi connectivity index (χ2n) is 7.93. The molecule has 0 aliphatic carbocycles. The van der Waals surface area contributed by atoms with Crippen molar-refractivity contribution in [3.63, 3.8) is 0 Å². The van der Waals surface area contributed by atoms with E-state index in [1.54, 1.807) is 48.7 Å². The van der Waals surface area contributed by atoms with Crippen molar-refractivity contribution in [3.8, 4) is 17.7 Å². The van der Waals surface area contributed by atoms with Crippen molar-refractivity contribution in [2.75, 3.05) is 0 Å². The van der Waals surface area contributed by atoms with E-state index in [1.165, 1.54) is 22.9 Å². The first-order chi connectivity index (χ1) is 17.0. The number of phenols is 1. The van der Waals surface area contributed by atoms with E-state index in [4.69, 9.17) is 5.26 Å². The van der Waals surface area contributed by atoms with Gasteiger partial charge in [-0.15, -0.1) is 0 Å². The molecule has 5 rings (SSSR count). The van der Waals surface area contributed by atoms with Gasteiger partial charge in [0.2, 0.25) is 5.88 Å². The molecule has 0 aliphatic heterocycles. The molecule has 0 spiro atoms. The van der Waals surface area contributed by atoms with E-state index >= 15 is 0 Å². The molecule has 0 radical (unpaired) electrons. The Hall–Kier alpha value is -4.97. The van der Waals surface area contributed by atoms with Crippen molar-refractivity contribution in [1.82, 2.24) is 19.9 Å². The van der Waals surface area contributed by atoms with E-state index < -0.39 is 5.91 Å². The first-order valence-corrected chi connectivity index (χ1v) is 10.7. The molecule has 172 valence electrons. The molecule has 0 bridgehead atoms. The van der Waals surface area contributed by atoms with Crippen LogP contribution in [0.25, 0.3) is 21.7 Å². The Morgan fingerprint density at radius 2 is 1.89 bits per heavy atom. The molecule has 3 aromatic heterocycles. The fraction of sp³-hybridized carbons (Fsp3) is 0.0769. The van der Waals surface area contributed by atoms with Gasteiger partial charge in [0.05, 0.1) is 29.7 Å². The number of rotatable bonds is 5. The molecular formula is C26H18FN5O3. The number of nitrogens with zero attached hydrogens (tertiary/aromatic N) is 4. The smallest absolute Gasteiger partial charge is 0.252 e. The number of phenolic OH excluding ortho intramolecular Hbond substituents is 1. The van der Waals surface area contributed by atoms with Crippen LogP contribution in [0.2, 0.25) is 0 Å². The first kappa shape index (κ1) is 21.9. The number of hydrogen-bond donors (Lipinski definition) is 3. The van der Waals surface area contributed by atoms with E-state index in [0.717, 1.165) is 5.56 Å². The Morgan fingerprint density at radius 1 is 1.09 bits per heavy atom. The number of carbonyl (C=O) groups excluding carboxylic acids is 1. The molecule has 35 heavy (non-hydrogen) atoms. The molecule has 9 heteroatoms. The molecule has 8 nitrogen and oxygen atoms in total. The van der Waals surface area contributed by atoms with E-state index in [2.05, 4.69) is 15.3 Å². The Labute approximate surface area is 198 Å². The Morgan fingerprint density at radius 3 is 2.66 bits per heavy atom. The van der Waals surface area contributed by atoms with Crippen LogP contribution in [0.15, 0.2) is 67.0 Å². The van der Waals surface area contributed by atoms with Gasteiger partial charge in [0.15, 0.2) is 5.75 Å². The largest absolute Gasteiger partial charge is 0.505 e. The number of nitrogens with one attached hydrogen (secondary N) is 1. The summed E-state index contributed by atoms with van der Waals surface area (Å²) in [5.41, 5.74) is 1.86. The number of pyridine rings is 2. The number of amides is 1. The quantitative estimate of drug-likeness (QED) is 0.359. The molecule has 0 aliphatic rings. The maximum Gasteiger partial charge on any atom is 0.252 e. The average Bonchev–Trinajstić information content (AvgIpc) is 3.20. The summed E-state index contributed by atoms with van der Waals surface area (Å²) in [5.74, 6) is -1.33. The van der Waals surface area contributed by atoms with Gasteiger partial charge in [-0.3, -0.25) is 9.78 Å². The number of aromatic hydroxyl groups is 2. The molecule has 0 saturated heterocycles. The third-order valence-electron chi connectivity index (χ3n) is 5.70. The summed E-state index contributed by atoms with van der Waals surface area (Å²) in [6.45, 7) is 0.261. The van der Waals surface area contributed by atoms with Crippen LogP contribution in [0.3, 0.4) is 0 Å². The number of benzene rings is 2. The van der Waals surface area contributed by atoms with Crippen LogP contribution in [0.5, 0.6) is 11.6 Å². The normalized spacial score (nSPS) is 11.0. The number of hydrogen-bond acceptors (Lipinski definition) is 6. The van der Waals surface area contributed by atoms with Crippen molar-refractivity contribution in [2.45, 2.75) is 13.1 Å². The lowest BCUT2D eigenvalue weighted by molar-refractivity contribution is 0.0953. The van der Waals surface area contributed by atoms with Crippen LogP contribution in [0.1, 0.15) is 27.3 Å². The molecule has 0 atom stereocenters. The molecule has 0 fully saturated rings. The van der Waals surface area contributed by atoms with E-state index in [9.17, 15) is 19.4 Å². The number of aromatic nitrogens is 3. The van der Waals surface area contributed by atoms with Crippen LogP contribution in [-0.4, -0.2) is 30.7 Å². The van der Waals surface area contributed by atoms with Crippen LogP contribution in [0.4, 0.5) is 4.39 Å². The highest BCUT2D eigenvalue weighted by Crippen LogP contribution is 2.42. The Bertz CT molecular complexity index is 1640. The third kappa shape index (κ3) is 3.98. The van der Waals surface area contributed by atoms with Crippen LogP contribution in [0, 0.1) is 17.1 Å². The van der Waals surface area contributed by atoms with Crippen molar-refractivity contribution in [1.29, 1.82) is 5.26 Å². The lowest BCUT2D eigenvalue weighted by atomic mass is 10.0. The van der Waals surface area contributed by atoms with Crippen LogP contribution >= 0.6 is 0 Å². The molecule has 3 heterocycles. The third-order valence-corrected chi connectivity index (χ3v) is 5.70. The minimum Gasteiger partial charge on any atom is -0.505 e. The summed E-state index contributed by atoms with van der Waals surface area (Å²) in [4.78, 5) is 21.8. The van der Waals surface area contributed by atoms with E-state index in [-0.39, 0.29) is 52.7 Å². The lowest BCUT2D eigenvalue weighted by Crippen LogP contribution is -2.24. The highest BCUT2D eigenvalue weighted by Gasteiger charge is 2.24. The van der Waals surface area contributed by atoms with Gasteiger partial charge in [-0.05, 0) is 35.9 Å². The van der Waals surface area contributed by atoms with Gasteiger partial charge < -0.3 is 20.1 Å². The highest BCUT2D eigenvalue weighted by molar-refractivity contribution is 6.21. The van der Waals surface area contributed by atoms with E-state index in [0.29, 0.717) is 16.5 Å². The van der Waals surface area contributed by atoms with Crippen molar-refractivity contribution >= 4 is 27.6 Å². The van der Waals surface area contributed by atoms with Crippen molar-refractivity contribution in [2.24, 2.45) is 0 Å². The molecule has 2 aromatic carbocycles. The second-order valence-corrected chi connectivity index (χ2v) is 7.93. The summed E-state index contributed by atoms with van der Waals surface area (Å²) in [5, 5.41) is 34.6. The van der Waals surface area contributed by atoms with Gasteiger partial charge in [-0.25, -0.2) is 9.37 Å². The van der Waals surface area contributed by atoms with Gasteiger partial charge >= 0.3 is 0 Å². The molecule has 0 unspecified atom stereocenters. The van der Waals surface area contributed by atoms with Gasteiger partial charge in [0, 0.05) is 23.2 Å². The zero-order chi connectivity index (χ0) is 24.5. The Kier molecular flexibility index (Phi) is 5.47. The van der Waals surface area contributed by atoms with Gasteiger partial charge in [-0.2, -0.15) is 5.26 Å².